The third-order valence-corrected chi connectivity index (χ3v) is 2.26. The van der Waals surface area contributed by atoms with Crippen LogP contribution in [-0.4, -0.2) is 31.6 Å². The van der Waals surface area contributed by atoms with Gasteiger partial charge in [-0.05, 0) is 26.3 Å². The first-order valence-corrected chi connectivity index (χ1v) is 3.96. The van der Waals surface area contributed by atoms with E-state index in [1.54, 1.807) is 7.11 Å². The van der Waals surface area contributed by atoms with Gasteiger partial charge in [-0.3, -0.25) is 4.79 Å². The van der Waals surface area contributed by atoms with E-state index < -0.39 is 0 Å². The number of Topliss-reactive ketones (excluding diaryl/α,β-unsaturated/α-hetero) is 1. The molecule has 1 aliphatic heterocycles. The number of hydrogen-bond acceptors (Lipinski definition) is 3. The molecule has 1 rings (SSSR count). The minimum Gasteiger partial charge on any atom is -0.377 e. The highest BCUT2D eigenvalue weighted by atomic mass is 16.5. The van der Waals surface area contributed by atoms with Crippen LogP contribution in [0.25, 0.3) is 0 Å². The minimum atomic E-state index is -0.310. The molecule has 0 amide bonds. The number of hydrogen-bond donors (Lipinski definition) is 1. The van der Waals surface area contributed by atoms with Gasteiger partial charge in [0.25, 0.3) is 0 Å². The number of methoxy groups -OCH3 is 1. The highest BCUT2D eigenvalue weighted by Crippen LogP contribution is 2.19. The molecule has 3 nitrogen and oxygen atoms in total. The first kappa shape index (κ1) is 8.68. The van der Waals surface area contributed by atoms with Crippen molar-refractivity contribution < 1.29 is 9.53 Å². The predicted octanol–water partition coefficient (Wildman–Crippen LogP) is 0.344. The van der Waals surface area contributed by atoms with Gasteiger partial charge in [0, 0.05) is 7.11 Å². The molecular weight excluding hydrogens is 142 g/mol. The third kappa shape index (κ3) is 1.79. The zero-order chi connectivity index (χ0) is 8.32. The van der Waals surface area contributed by atoms with E-state index in [2.05, 4.69) is 5.32 Å². The minimum absolute atomic E-state index is 0.164. The normalized spacial score (nSPS) is 30.7. The Morgan fingerprint density at radius 1 is 1.73 bits per heavy atom. The van der Waals surface area contributed by atoms with Crippen LogP contribution in [0.15, 0.2) is 0 Å². The molecule has 1 aliphatic rings. The molecule has 0 aromatic carbocycles. The lowest BCUT2D eigenvalue weighted by molar-refractivity contribution is -0.128. The van der Waals surface area contributed by atoms with Crippen molar-refractivity contribution in [2.45, 2.75) is 25.3 Å². The quantitative estimate of drug-likeness (QED) is 0.642. The molecule has 3 heteroatoms. The Morgan fingerprint density at radius 3 is 2.91 bits per heavy atom. The van der Waals surface area contributed by atoms with Crippen LogP contribution in [0, 0.1) is 0 Å². The molecule has 0 aliphatic carbocycles. The Morgan fingerprint density at radius 2 is 2.45 bits per heavy atom. The number of carbonyl (C=O) groups is 1. The van der Waals surface area contributed by atoms with Gasteiger partial charge in [0.1, 0.15) is 6.61 Å². The fourth-order valence-electron chi connectivity index (χ4n) is 1.42. The maximum absolute atomic E-state index is 11.4. The lowest BCUT2D eigenvalue weighted by atomic mass is 9.95. The van der Waals surface area contributed by atoms with Gasteiger partial charge in [-0.2, -0.15) is 0 Å². The van der Waals surface area contributed by atoms with Gasteiger partial charge in [-0.25, -0.2) is 0 Å². The van der Waals surface area contributed by atoms with Crippen LogP contribution >= 0.6 is 0 Å². The summed E-state index contributed by atoms with van der Waals surface area (Å²) in [6, 6.07) is 0. The average Bonchev–Trinajstić information content (AvgIpc) is 2.38. The first-order valence-electron chi connectivity index (χ1n) is 3.96. The SMILES string of the molecule is COCC(=O)[C@@]1(C)CCCN1. The molecule has 1 N–H and O–H groups in total. The standard InChI is InChI=1S/C8H15NO2/c1-8(4-3-5-9-8)7(10)6-11-2/h9H,3-6H2,1-2H3/t8-/m1/s1. The van der Waals surface area contributed by atoms with E-state index >= 15 is 0 Å². The lowest BCUT2D eigenvalue weighted by Crippen LogP contribution is -2.46. The van der Waals surface area contributed by atoms with Gasteiger partial charge in [0.2, 0.25) is 0 Å². The summed E-state index contributed by atoms with van der Waals surface area (Å²) in [7, 11) is 1.55. The summed E-state index contributed by atoms with van der Waals surface area (Å²) in [6.07, 6.45) is 2.03. The number of nitrogens with one attached hydrogen (secondary N) is 1. The van der Waals surface area contributed by atoms with Crippen LogP contribution < -0.4 is 5.32 Å². The Balaban J connectivity index is 2.49. The molecule has 1 heterocycles. The zero-order valence-corrected chi connectivity index (χ0v) is 7.14. The van der Waals surface area contributed by atoms with Gasteiger partial charge < -0.3 is 10.1 Å². The molecule has 1 fully saturated rings. The van der Waals surface area contributed by atoms with Crippen molar-refractivity contribution in [2.24, 2.45) is 0 Å². The van der Waals surface area contributed by atoms with Crippen LogP contribution in [-0.2, 0) is 9.53 Å². The van der Waals surface area contributed by atoms with E-state index in [-0.39, 0.29) is 17.9 Å². The van der Waals surface area contributed by atoms with Crippen LogP contribution in [0.3, 0.4) is 0 Å². The maximum Gasteiger partial charge on any atom is 0.178 e. The first-order chi connectivity index (χ1) is 5.19. The lowest BCUT2D eigenvalue weighted by Gasteiger charge is -2.21. The second kappa shape index (κ2) is 3.32. The van der Waals surface area contributed by atoms with Crippen LogP contribution in [0.5, 0.6) is 0 Å². The van der Waals surface area contributed by atoms with Crippen LogP contribution in [0.1, 0.15) is 19.8 Å². The van der Waals surface area contributed by atoms with Crippen LogP contribution in [0.4, 0.5) is 0 Å². The molecule has 1 saturated heterocycles. The summed E-state index contributed by atoms with van der Waals surface area (Å²) in [5.74, 6) is 0.164. The highest BCUT2D eigenvalue weighted by molar-refractivity contribution is 5.89. The monoisotopic (exact) mass is 157 g/mol. The van der Waals surface area contributed by atoms with Crippen molar-refractivity contribution in [3.05, 3.63) is 0 Å². The topological polar surface area (TPSA) is 38.3 Å². The Hall–Kier alpha value is -0.410. The van der Waals surface area contributed by atoms with Crippen molar-refractivity contribution in [3.63, 3.8) is 0 Å². The molecule has 0 unspecified atom stereocenters. The van der Waals surface area contributed by atoms with Crippen molar-refractivity contribution in [1.29, 1.82) is 0 Å². The van der Waals surface area contributed by atoms with E-state index in [0.717, 1.165) is 19.4 Å². The van der Waals surface area contributed by atoms with Gasteiger partial charge in [-0.15, -0.1) is 0 Å². The molecule has 1 atom stereocenters. The second-order valence-electron chi connectivity index (χ2n) is 3.22. The van der Waals surface area contributed by atoms with Crippen molar-refractivity contribution >= 4 is 5.78 Å². The number of ketones is 1. The summed E-state index contributed by atoms with van der Waals surface area (Å²) in [4.78, 5) is 11.4. The maximum atomic E-state index is 11.4. The molecule has 0 spiro atoms. The van der Waals surface area contributed by atoms with E-state index in [0.29, 0.717) is 0 Å². The fourth-order valence-corrected chi connectivity index (χ4v) is 1.42. The summed E-state index contributed by atoms with van der Waals surface area (Å²) in [5.41, 5.74) is -0.310. The smallest absolute Gasteiger partial charge is 0.178 e. The summed E-state index contributed by atoms with van der Waals surface area (Å²) in [6.45, 7) is 3.12. The summed E-state index contributed by atoms with van der Waals surface area (Å²) in [5, 5.41) is 3.19. The Kier molecular flexibility index (Phi) is 2.62. The Bertz CT molecular complexity index is 150. The van der Waals surface area contributed by atoms with Crippen molar-refractivity contribution in [2.75, 3.05) is 20.3 Å². The summed E-state index contributed by atoms with van der Waals surface area (Å²) >= 11 is 0. The van der Waals surface area contributed by atoms with Crippen LogP contribution in [0.2, 0.25) is 0 Å². The molecule has 11 heavy (non-hydrogen) atoms. The molecule has 0 aromatic heterocycles. The largest absolute Gasteiger partial charge is 0.377 e. The van der Waals surface area contributed by atoms with E-state index in [1.165, 1.54) is 0 Å². The van der Waals surface area contributed by atoms with Crippen molar-refractivity contribution in [3.8, 4) is 0 Å². The molecule has 0 aromatic rings. The number of ether oxygens (including phenoxy) is 1. The Labute approximate surface area is 67.1 Å². The third-order valence-electron chi connectivity index (χ3n) is 2.26. The molecule has 0 bridgehead atoms. The van der Waals surface area contributed by atoms with E-state index in [4.69, 9.17) is 4.74 Å². The molecular formula is C8H15NO2. The van der Waals surface area contributed by atoms with Gasteiger partial charge in [0.05, 0.1) is 5.54 Å². The highest BCUT2D eigenvalue weighted by Gasteiger charge is 2.34. The predicted molar refractivity (Wildman–Crippen MR) is 42.5 cm³/mol. The molecule has 64 valence electrons. The second-order valence-corrected chi connectivity index (χ2v) is 3.22. The number of rotatable bonds is 3. The average molecular weight is 157 g/mol. The van der Waals surface area contributed by atoms with E-state index in [9.17, 15) is 4.79 Å². The van der Waals surface area contributed by atoms with Gasteiger partial charge >= 0.3 is 0 Å². The number of carbonyl (C=O) groups excluding carboxylic acids is 1. The van der Waals surface area contributed by atoms with Gasteiger partial charge in [-0.1, -0.05) is 0 Å². The molecule has 0 radical (unpaired) electrons. The zero-order valence-electron chi connectivity index (χ0n) is 7.14. The van der Waals surface area contributed by atoms with Gasteiger partial charge in [0.15, 0.2) is 5.78 Å². The van der Waals surface area contributed by atoms with Crippen molar-refractivity contribution in [1.82, 2.24) is 5.32 Å². The summed E-state index contributed by atoms with van der Waals surface area (Å²) < 4.78 is 4.79. The fraction of sp³-hybridized carbons (Fsp3) is 0.875. The van der Waals surface area contributed by atoms with E-state index in [1.807, 2.05) is 6.92 Å². The molecule has 0 saturated carbocycles.